The van der Waals surface area contributed by atoms with Crippen LogP contribution in [-0.2, 0) is 14.8 Å². The van der Waals surface area contributed by atoms with Gasteiger partial charge in [0.25, 0.3) is 10.0 Å². The number of nitrogens with zero attached hydrogens (tertiary/aromatic N) is 1. The molecule has 30 heavy (non-hydrogen) atoms. The maximum Gasteiger partial charge on any atom is 0.264 e. The van der Waals surface area contributed by atoms with E-state index in [1.54, 1.807) is 6.07 Å². The maximum atomic E-state index is 13.8. The van der Waals surface area contributed by atoms with Gasteiger partial charge in [-0.3, -0.25) is 9.10 Å². The number of halogens is 4. The molecule has 156 valence electrons. The molecule has 3 aromatic rings. The van der Waals surface area contributed by atoms with E-state index in [9.17, 15) is 26.4 Å². The predicted octanol–water partition coefficient (Wildman–Crippen LogP) is 4.59. The van der Waals surface area contributed by atoms with Crippen LogP contribution in [0.4, 0.5) is 24.5 Å². The number of anilines is 2. The number of sulfonamides is 1. The third-order valence-electron chi connectivity index (χ3n) is 4.01. The van der Waals surface area contributed by atoms with Crippen molar-refractivity contribution in [1.29, 1.82) is 0 Å². The van der Waals surface area contributed by atoms with Crippen molar-refractivity contribution >= 4 is 38.9 Å². The Balaban J connectivity index is 1.97. The SMILES string of the molecule is O=C(CN(c1ccc(F)c(Cl)c1)S(=O)(=O)c1ccccc1)Nc1ccc(F)cc1F. The summed E-state index contributed by atoms with van der Waals surface area (Å²) < 4.78 is 67.4. The average Bonchev–Trinajstić information content (AvgIpc) is 2.71. The van der Waals surface area contributed by atoms with E-state index in [-0.39, 0.29) is 21.3 Å². The molecule has 0 heterocycles. The van der Waals surface area contributed by atoms with E-state index in [1.807, 2.05) is 0 Å². The summed E-state index contributed by atoms with van der Waals surface area (Å²) in [6.07, 6.45) is 0. The molecule has 3 aromatic carbocycles. The van der Waals surface area contributed by atoms with Crippen LogP contribution in [0.1, 0.15) is 0 Å². The standard InChI is InChI=1S/C20H14ClF3N2O3S/c21-16-11-14(7-8-17(16)23)26(30(28,29)15-4-2-1-3-5-15)12-20(27)25-19-9-6-13(22)10-18(19)24/h1-11H,12H2,(H,25,27). The molecule has 0 saturated carbocycles. The highest BCUT2D eigenvalue weighted by atomic mass is 35.5. The van der Waals surface area contributed by atoms with Crippen molar-refractivity contribution in [3.63, 3.8) is 0 Å². The van der Waals surface area contributed by atoms with Crippen molar-refractivity contribution in [1.82, 2.24) is 0 Å². The van der Waals surface area contributed by atoms with Crippen LogP contribution in [0.2, 0.25) is 5.02 Å². The maximum absolute atomic E-state index is 13.8. The van der Waals surface area contributed by atoms with Gasteiger partial charge in [0.1, 0.15) is 24.0 Å². The second-order valence-corrected chi connectivity index (χ2v) is 8.36. The van der Waals surface area contributed by atoms with Crippen LogP contribution in [0, 0.1) is 17.5 Å². The Labute approximate surface area is 175 Å². The highest BCUT2D eigenvalue weighted by molar-refractivity contribution is 7.92. The van der Waals surface area contributed by atoms with E-state index in [0.29, 0.717) is 10.4 Å². The molecule has 1 N–H and O–H groups in total. The van der Waals surface area contributed by atoms with E-state index < -0.39 is 39.9 Å². The number of amides is 1. The summed E-state index contributed by atoms with van der Waals surface area (Å²) in [5, 5.41) is 1.85. The third-order valence-corrected chi connectivity index (χ3v) is 6.09. The Bertz CT molecular complexity index is 1190. The number of nitrogens with one attached hydrogen (secondary N) is 1. The molecule has 10 heteroatoms. The summed E-state index contributed by atoms with van der Waals surface area (Å²) in [6.45, 7) is -0.768. The Hall–Kier alpha value is -3.04. The number of hydrogen-bond acceptors (Lipinski definition) is 3. The summed E-state index contributed by atoms with van der Waals surface area (Å²) in [5.74, 6) is -3.53. The Morgan fingerprint density at radius 3 is 2.27 bits per heavy atom. The summed E-state index contributed by atoms with van der Waals surface area (Å²) >= 11 is 5.77. The minimum atomic E-state index is -4.25. The van der Waals surface area contributed by atoms with E-state index >= 15 is 0 Å². The molecule has 0 spiro atoms. The van der Waals surface area contributed by atoms with Gasteiger partial charge in [-0.15, -0.1) is 0 Å². The van der Waals surface area contributed by atoms with Crippen LogP contribution < -0.4 is 9.62 Å². The first kappa shape index (κ1) is 21.7. The van der Waals surface area contributed by atoms with Crippen molar-refractivity contribution in [2.24, 2.45) is 0 Å². The normalized spacial score (nSPS) is 11.2. The molecule has 0 aliphatic heterocycles. The molecule has 0 atom stereocenters. The van der Waals surface area contributed by atoms with E-state index in [0.717, 1.165) is 30.3 Å². The van der Waals surface area contributed by atoms with E-state index in [2.05, 4.69) is 5.32 Å². The minimum absolute atomic E-state index is 0.0695. The lowest BCUT2D eigenvalue weighted by molar-refractivity contribution is -0.114. The Morgan fingerprint density at radius 1 is 0.933 bits per heavy atom. The van der Waals surface area contributed by atoms with Crippen molar-refractivity contribution in [3.8, 4) is 0 Å². The van der Waals surface area contributed by atoms with Crippen LogP contribution >= 0.6 is 11.6 Å². The van der Waals surface area contributed by atoms with E-state index in [1.165, 1.54) is 24.3 Å². The van der Waals surface area contributed by atoms with Crippen LogP contribution in [0.15, 0.2) is 71.6 Å². The molecule has 1 amide bonds. The van der Waals surface area contributed by atoms with Gasteiger partial charge in [0.2, 0.25) is 5.91 Å². The van der Waals surface area contributed by atoms with Gasteiger partial charge in [-0.1, -0.05) is 29.8 Å². The second kappa shape index (κ2) is 8.76. The van der Waals surface area contributed by atoms with Gasteiger partial charge in [-0.05, 0) is 42.5 Å². The zero-order valence-corrected chi connectivity index (χ0v) is 16.7. The van der Waals surface area contributed by atoms with Crippen LogP contribution in [-0.4, -0.2) is 20.9 Å². The number of rotatable bonds is 6. The highest BCUT2D eigenvalue weighted by Crippen LogP contribution is 2.28. The summed E-state index contributed by atoms with van der Waals surface area (Å²) in [5.41, 5.74) is -0.393. The molecule has 0 saturated heterocycles. The third kappa shape index (κ3) is 4.74. The highest BCUT2D eigenvalue weighted by Gasteiger charge is 2.28. The lowest BCUT2D eigenvalue weighted by Crippen LogP contribution is -2.38. The molecule has 0 aliphatic rings. The van der Waals surface area contributed by atoms with Crippen LogP contribution in [0.25, 0.3) is 0 Å². The lowest BCUT2D eigenvalue weighted by Gasteiger charge is -2.24. The van der Waals surface area contributed by atoms with Crippen molar-refractivity contribution in [2.75, 3.05) is 16.2 Å². The zero-order valence-electron chi connectivity index (χ0n) is 15.2. The second-order valence-electron chi connectivity index (χ2n) is 6.10. The molecule has 0 fully saturated rings. The quantitative estimate of drug-likeness (QED) is 0.592. The number of carbonyl (C=O) groups excluding carboxylic acids is 1. The Kier molecular flexibility index (Phi) is 6.33. The van der Waals surface area contributed by atoms with Gasteiger partial charge >= 0.3 is 0 Å². The van der Waals surface area contributed by atoms with Crippen LogP contribution in [0.3, 0.4) is 0 Å². The summed E-state index contributed by atoms with van der Waals surface area (Å²) in [4.78, 5) is 12.4. The van der Waals surface area contributed by atoms with Gasteiger partial charge in [-0.2, -0.15) is 0 Å². The van der Waals surface area contributed by atoms with Gasteiger partial charge in [-0.25, -0.2) is 21.6 Å². The average molecular weight is 455 g/mol. The first-order valence-corrected chi connectivity index (χ1v) is 10.3. The zero-order chi connectivity index (χ0) is 21.9. The smallest absolute Gasteiger partial charge is 0.264 e. The minimum Gasteiger partial charge on any atom is -0.322 e. The molecule has 0 aromatic heterocycles. The van der Waals surface area contributed by atoms with Gasteiger partial charge in [0.05, 0.1) is 21.3 Å². The van der Waals surface area contributed by atoms with E-state index in [4.69, 9.17) is 11.6 Å². The molecule has 0 radical (unpaired) electrons. The molecule has 5 nitrogen and oxygen atoms in total. The molecule has 3 rings (SSSR count). The largest absolute Gasteiger partial charge is 0.322 e. The molecular formula is C20H14ClF3N2O3S. The summed E-state index contributed by atoms with van der Waals surface area (Å²) in [6, 6.07) is 12.9. The Morgan fingerprint density at radius 2 is 1.63 bits per heavy atom. The van der Waals surface area contributed by atoms with Crippen molar-refractivity contribution in [3.05, 3.63) is 89.2 Å². The lowest BCUT2D eigenvalue weighted by atomic mass is 10.3. The number of benzene rings is 3. The first-order valence-electron chi connectivity index (χ1n) is 8.46. The van der Waals surface area contributed by atoms with Crippen molar-refractivity contribution < 1.29 is 26.4 Å². The fourth-order valence-corrected chi connectivity index (χ4v) is 4.19. The fraction of sp³-hybridized carbons (Fsp3) is 0.0500. The van der Waals surface area contributed by atoms with Gasteiger partial charge < -0.3 is 5.32 Å². The van der Waals surface area contributed by atoms with Crippen molar-refractivity contribution in [2.45, 2.75) is 4.90 Å². The number of carbonyl (C=O) groups is 1. The molecule has 0 unspecified atom stereocenters. The molecule has 0 aliphatic carbocycles. The first-order chi connectivity index (χ1) is 14.2. The summed E-state index contributed by atoms with van der Waals surface area (Å²) in [7, 11) is -4.25. The van der Waals surface area contributed by atoms with Gasteiger partial charge in [0, 0.05) is 6.07 Å². The topological polar surface area (TPSA) is 66.5 Å². The fourth-order valence-electron chi connectivity index (χ4n) is 2.59. The number of hydrogen-bond donors (Lipinski definition) is 1. The molecule has 0 bridgehead atoms. The molecular weight excluding hydrogens is 441 g/mol. The van der Waals surface area contributed by atoms with Crippen LogP contribution in [0.5, 0.6) is 0 Å². The predicted molar refractivity (Wildman–Crippen MR) is 107 cm³/mol. The van der Waals surface area contributed by atoms with Gasteiger partial charge in [0.15, 0.2) is 0 Å². The monoisotopic (exact) mass is 454 g/mol.